The molecular weight excluding hydrogens is 300 g/mol. The van der Waals surface area contributed by atoms with E-state index in [1.165, 1.54) is 0 Å². The summed E-state index contributed by atoms with van der Waals surface area (Å²) in [5.41, 5.74) is -0.863. The molecule has 1 amide bonds. The molecule has 0 spiro atoms. The molecule has 1 unspecified atom stereocenters. The third-order valence-electron chi connectivity index (χ3n) is 3.22. The van der Waals surface area contributed by atoms with E-state index in [4.69, 9.17) is 0 Å². The van der Waals surface area contributed by atoms with Gasteiger partial charge in [0, 0.05) is 6.20 Å². The second kappa shape index (κ2) is 4.68. The molecule has 1 fully saturated rings. The topological polar surface area (TPSA) is 79.3 Å². The number of nitrogens with one attached hydrogen (secondary N) is 1. The van der Waals surface area contributed by atoms with E-state index in [1.807, 2.05) is 0 Å². The number of carbonyl (C=O) groups excluding carboxylic acids is 1. The van der Waals surface area contributed by atoms with Gasteiger partial charge < -0.3 is 10.4 Å². The van der Waals surface area contributed by atoms with Gasteiger partial charge in [-0.25, -0.2) is 9.78 Å². The largest absolute Gasteiger partial charge is 0.480 e. The number of nitrogens with zero attached hydrogens (tertiary/aromatic N) is 1. The van der Waals surface area contributed by atoms with Gasteiger partial charge in [-0.1, -0.05) is 0 Å². The predicted octanol–water partition coefficient (Wildman–Crippen LogP) is 1.83. The average Bonchev–Trinajstić information content (AvgIpc) is 3.13. The van der Waals surface area contributed by atoms with Gasteiger partial charge in [0.25, 0.3) is 5.91 Å². The Morgan fingerprint density at radius 3 is 2.72 bits per heavy atom. The first-order valence-electron chi connectivity index (χ1n) is 5.61. The lowest BCUT2D eigenvalue weighted by Crippen LogP contribution is -2.54. The summed E-state index contributed by atoms with van der Waals surface area (Å²) < 4.78 is 0.408. The van der Waals surface area contributed by atoms with Crippen molar-refractivity contribution in [1.29, 1.82) is 0 Å². The van der Waals surface area contributed by atoms with Crippen LogP contribution in [0.3, 0.4) is 0 Å². The van der Waals surface area contributed by atoms with Crippen LogP contribution in [0, 0.1) is 5.92 Å². The summed E-state index contributed by atoms with van der Waals surface area (Å²) >= 11 is 3.17. The molecule has 6 heteroatoms. The van der Waals surface area contributed by atoms with Crippen molar-refractivity contribution in [3.05, 3.63) is 28.5 Å². The number of carboxylic acid groups (broad SMARTS) is 1. The summed E-state index contributed by atoms with van der Waals surface area (Å²) in [5.74, 6) is -1.42. The molecule has 0 bridgehead atoms. The highest BCUT2D eigenvalue weighted by molar-refractivity contribution is 9.10. The van der Waals surface area contributed by atoms with Crippen molar-refractivity contribution in [2.75, 3.05) is 0 Å². The SMILES string of the molecule is CC(NC(=O)c1cccnc1Br)(C(=O)O)C1CC1. The van der Waals surface area contributed by atoms with Crippen LogP contribution in [0.5, 0.6) is 0 Å². The maximum absolute atomic E-state index is 12.1. The van der Waals surface area contributed by atoms with E-state index in [2.05, 4.69) is 26.2 Å². The Labute approximate surface area is 113 Å². The molecular formula is C12H13BrN2O3. The number of pyridine rings is 1. The summed E-state index contributed by atoms with van der Waals surface area (Å²) in [4.78, 5) is 27.3. The Hall–Kier alpha value is -1.43. The van der Waals surface area contributed by atoms with Crippen molar-refractivity contribution in [3.63, 3.8) is 0 Å². The van der Waals surface area contributed by atoms with E-state index in [0.717, 1.165) is 12.8 Å². The Bertz CT molecular complexity index is 502. The summed E-state index contributed by atoms with van der Waals surface area (Å²) in [6.45, 7) is 1.55. The van der Waals surface area contributed by atoms with Crippen molar-refractivity contribution in [3.8, 4) is 0 Å². The van der Waals surface area contributed by atoms with Crippen LogP contribution in [0.15, 0.2) is 22.9 Å². The molecule has 5 nitrogen and oxygen atoms in total. The van der Waals surface area contributed by atoms with Crippen molar-refractivity contribution in [1.82, 2.24) is 10.3 Å². The fourth-order valence-corrected chi connectivity index (χ4v) is 2.28. The summed E-state index contributed by atoms with van der Waals surface area (Å²) in [6.07, 6.45) is 3.22. The quantitative estimate of drug-likeness (QED) is 0.831. The second-order valence-corrected chi connectivity index (χ2v) is 5.33. The highest BCUT2D eigenvalue weighted by Crippen LogP contribution is 2.40. The number of hydrogen-bond donors (Lipinski definition) is 2. The first-order valence-corrected chi connectivity index (χ1v) is 6.41. The number of aliphatic carboxylic acids is 1. The maximum atomic E-state index is 12.1. The van der Waals surface area contributed by atoms with Crippen LogP contribution >= 0.6 is 15.9 Å². The average molecular weight is 313 g/mol. The van der Waals surface area contributed by atoms with Crippen molar-refractivity contribution in [2.24, 2.45) is 5.92 Å². The molecule has 1 aliphatic rings. The van der Waals surface area contributed by atoms with E-state index < -0.39 is 17.4 Å². The van der Waals surface area contributed by atoms with Gasteiger partial charge in [0.05, 0.1) is 5.56 Å². The fourth-order valence-electron chi connectivity index (χ4n) is 1.85. The lowest BCUT2D eigenvalue weighted by atomic mass is 9.95. The molecule has 1 aromatic heterocycles. The normalized spacial score (nSPS) is 17.9. The Morgan fingerprint density at radius 2 is 2.22 bits per heavy atom. The Balaban J connectivity index is 2.20. The standard InChI is InChI=1S/C12H13BrN2O3/c1-12(11(17)18,7-4-5-7)15-10(16)8-3-2-6-14-9(8)13/h2-3,6-7H,4-5H2,1H3,(H,15,16)(H,17,18). The van der Waals surface area contributed by atoms with Crippen LogP contribution in [0.25, 0.3) is 0 Å². The summed E-state index contributed by atoms with van der Waals surface area (Å²) in [5, 5.41) is 11.9. The number of carbonyl (C=O) groups is 2. The number of amides is 1. The van der Waals surface area contributed by atoms with Crippen LogP contribution in [-0.4, -0.2) is 27.5 Å². The van der Waals surface area contributed by atoms with Gasteiger partial charge in [0.2, 0.25) is 0 Å². The minimum absolute atomic E-state index is 0.00870. The van der Waals surface area contributed by atoms with Crippen molar-refractivity contribution in [2.45, 2.75) is 25.3 Å². The van der Waals surface area contributed by atoms with Crippen LogP contribution in [0.4, 0.5) is 0 Å². The van der Waals surface area contributed by atoms with Gasteiger partial charge in [-0.05, 0) is 53.7 Å². The van der Waals surface area contributed by atoms with Crippen LogP contribution in [0.1, 0.15) is 30.1 Å². The van der Waals surface area contributed by atoms with Gasteiger partial charge in [-0.2, -0.15) is 0 Å². The zero-order valence-corrected chi connectivity index (χ0v) is 11.4. The first-order chi connectivity index (χ1) is 8.45. The molecule has 2 N–H and O–H groups in total. The Morgan fingerprint density at radius 1 is 1.56 bits per heavy atom. The minimum atomic E-state index is -1.20. The van der Waals surface area contributed by atoms with Crippen LogP contribution < -0.4 is 5.32 Å². The van der Waals surface area contributed by atoms with Gasteiger partial charge >= 0.3 is 5.97 Å². The minimum Gasteiger partial charge on any atom is -0.480 e. The number of halogens is 1. The summed E-state index contributed by atoms with van der Waals surface area (Å²) in [7, 11) is 0. The molecule has 1 aliphatic carbocycles. The van der Waals surface area contributed by atoms with E-state index in [-0.39, 0.29) is 5.92 Å². The van der Waals surface area contributed by atoms with Crippen molar-refractivity contribution < 1.29 is 14.7 Å². The molecule has 0 aromatic carbocycles. The number of rotatable bonds is 4. The zero-order chi connectivity index (χ0) is 13.3. The molecule has 1 saturated carbocycles. The van der Waals surface area contributed by atoms with Gasteiger partial charge in [0.15, 0.2) is 0 Å². The predicted molar refractivity (Wildman–Crippen MR) is 68.2 cm³/mol. The lowest BCUT2D eigenvalue weighted by Gasteiger charge is -2.26. The van der Waals surface area contributed by atoms with E-state index in [9.17, 15) is 14.7 Å². The van der Waals surface area contributed by atoms with Gasteiger partial charge in [-0.15, -0.1) is 0 Å². The number of hydrogen-bond acceptors (Lipinski definition) is 3. The van der Waals surface area contributed by atoms with Crippen LogP contribution in [0.2, 0.25) is 0 Å². The molecule has 0 aliphatic heterocycles. The lowest BCUT2D eigenvalue weighted by molar-refractivity contribution is -0.144. The smallest absolute Gasteiger partial charge is 0.329 e. The Kier molecular flexibility index (Phi) is 3.38. The van der Waals surface area contributed by atoms with Gasteiger partial charge in [-0.3, -0.25) is 4.79 Å². The molecule has 1 heterocycles. The molecule has 2 rings (SSSR count). The number of aromatic nitrogens is 1. The fraction of sp³-hybridized carbons (Fsp3) is 0.417. The zero-order valence-electron chi connectivity index (χ0n) is 9.81. The highest BCUT2D eigenvalue weighted by atomic mass is 79.9. The summed E-state index contributed by atoms with van der Waals surface area (Å²) in [6, 6.07) is 3.23. The van der Waals surface area contributed by atoms with E-state index >= 15 is 0 Å². The molecule has 96 valence electrons. The van der Waals surface area contributed by atoms with Gasteiger partial charge in [0.1, 0.15) is 10.1 Å². The van der Waals surface area contributed by atoms with Crippen LogP contribution in [-0.2, 0) is 4.79 Å². The molecule has 1 aromatic rings. The molecule has 0 radical (unpaired) electrons. The third kappa shape index (κ3) is 2.38. The third-order valence-corrected chi connectivity index (χ3v) is 3.85. The van der Waals surface area contributed by atoms with E-state index in [0.29, 0.717) is 10.2 Å². The second-order valence-electron chi connectivity index (χ2n) is 4.58. The van der Waals surface area contributed by atoms with Crippen molar-refractivity contribution >= 4 is 27.8 Å². The van der Waals surface area contributed by atoms with E-state index in [1.54, 1.807) is 25.3 Å². The molecule has 18 heavy (non-hydrogen) atoms. The molecule has 1 atom stereocenters. The number of carboxylic acids is 1. The monoisotopic (exact) mass is 312 g/mol. The first kappa shape index (κ1) is 13.0. The molecule has 0 saturated heterocycles. The highest BCUT2D eigenvalue weighted by Gasteiger charge is 2.48. The maximum Gasteiger partial charge on any atom is 0.329 e.